The molecule has 1 aromatic heterocycles. The summed E-state index contributed by atoms with van der Waals surface area (Å²) in [4.78, 5) is 2.32. The molecule has 2 heterocycles. The Kier molecular flexibility index (Phi) is 6.55. The fraction of sp³-hybridized carbons (Fsp3) is 0.438. The van der Waals surface area contributed by atoms with Crippen LogP contribution in [0.25, 0.3) is 11.3 Å². The molecule has 0 bridgehead atoms. The monoisotopic (exact) mass is 434 g/mol. The summed E-state index contributed by atoms with van der Waals surface area (Å²) >= 11 is 15.5. The van der Waals surface area contributed by atoms with Crippen LogP contribution >= 0.6 is 39.1 Å². The van der Waals surface area contributed by atoms with Crippen molar-refractivity contribution in [2.75, 3.05) is 39.5 Å². The highest BCUT2D eigenvalue weighted by Crippen LogP contribution is 2.34. The molecule has 0 unspecified atom stereocenters. The minimum Gasteiger partial charge on any atom is -0.379 e. The molecule has 1 fully saturated rings. The largest absolute Gasteiger partial charge is 0.379 e. The van der Waals surface area contributed by atoms with Gasteiger partial charge in [-0.05, 0) is 28.1 Å². The molecule has 1 aliphatic heterocycles. The first-order valence-electron chi connectivity index (χ1n) is 7.62. The van der Waals surface area contributed by atoms with Crippen LogP contribution in [0.2, 0.25) is 10.0 Å². The topological polar surface area (TPSA) is 47.7 Å². The van der Waals surface area contributed by atoms with Gasteiger partial charge < -0.3 is 14.0 Å². The van der Waals surface area contributed by atoms with Crippen molar-refractivity contribution in [3.8, 4) is 11.3 Å². The predicted octanol–water partition coefficient (Wildman–Crippen LogP) is 4.26. The first-order chi connectivity index (χ1) is 11.6. The molecule has 24 heavy (non-hydrogen) atoms. The molecule has 130 valence electrons. The van der Waals surface area contributed by atoms with E-state index < -0.39 is 0 Å². The summed E-state index contributed by atoms with van der Waals surface area (Å²) in [6, 6.07) is 5.34. The smallest absolute Gasteiger partial charge is 0.177 e. The second-order valence-corrected chi connectivity index (χ2v) is 7.01. The second-order valence-electron chi connectivity index (χ2n) is 5.40. The average Bonchev–Trinajstić information content (AvgIpc) is 2.96. The van der Waals surface area contributed by atoms with Crippen LogP contribution in [0.4, 0.5) is 0 Å². The lowest BCUT2D eigenvalue weighted by molar-refractivity contribution is 0.0154. The van der Waals surface area contributed by atoms with E-state index in [1.807, 2.05) is 6.07 Å². The van der Waals surface area contributed by atoms with Gasteiger partial charge in [0.1, 0.15) is 12.3 Å². The zero-order chi connectivity index (χ0) is 16.9. The maximum absolute atomic E-state index is 6.06. The van der Waals surface area contributed by atoms with Gasteiger partial charge in [-0.15, -0.1) is 0 Å². The Balaban J connectivity index is 1.55. The van der Waals surface area contributed by atoms with Gasteiger partial charge in [0.05, 0.1) is 34.3 Å². The third kappa shape index (κ3) is 4.50. The Hall–Kier alpha value is -0.630. The quantitative estimate of drug-likeness (QED) is 0.634. The van der Waals surface area contributed by atoms with Crippen molar-refractivity contribution in [2.45, 2.75) is 6.61 Å². The molecular weight excluding hydrogens is 419 g/mol. The minimum atomic E-state index is 0.360. The van der Waals surface area contributed by atoms with E-state index in [1.54, 1.807) is 12.1 Å². The number of ether oxygens (including phenoxy) is 2. The van der Waals surface area contributed by atoms with Crippen LogP contribution < -0.4 is 0 Å². The van der Waals surface area contributed by atoms with Crippen LogP contribution in [-0.2, 0) is 16.1 Å². The first-order valence-corrected chi connectivity index (χ1v) is 9.17. The maximum atomic E-state index is 6.06. The van der Waals surface area contributed by atoms with E-state index in [1.165, 1.54) is 0 Å². The highest BCUT2D eigenvalue weighted by atomic mass is 79.9. The Labute approximate surface area is 158 Å². The Morgan fingerprint density at radius 2 is 2.00 bits per heavy atom. The van der Waals surface area contributed by atoms with Crippen molar-refractivity contribution in [1.29, 1.82) is 0 Å². The lowest BCUT2D eigenvalue weighted by Crippen LogP contribution is -2.38. The van der Waals surface area contributed by atoms with Crippen LogP contribution in [0.3, 0.4) is 0 Å². The number of morpholine rings is 1. The van der Waals surface area contributed by atoms with Gasteiger partial charge in [-0.25, -0.2) is 0 Å². The van der Waals surface area contributed by atoms with Crippen LogP contribution in [-0.4, -0.2) is 49.5 Å². The van der Waals surface area contributed by atoms with Gasteiger partial charge in [0.2, 0.25) is 0 Å². The Bertz CT molecular complexity index is 690. The summed E-state index contributed by atoms with van der Waals surface area (Å²) in [6.45, 7) is 5.37. The van der Waals surface area contributed by atoms with E-state index in [4.69, 9.17) is 37.2 Å². The van der Waals surface area contributed by atoms with Crippen molar-refractivity contribution in [3.05, 3.63) is 38.5 Å². The lowest BCUT2D eigenvalue weighted by atomic mass is 10.1. The van der Waals surface area contributed by atoms with Gasteiger partial charge in [0, 0.05) is 25.2 Å². The molecule has 5 nitrogen and oxygen atoms in total. The molecule has 0 radical (unpaired) electrons. The predicted molar refractivity (Wildman–Crippen MR) is 96.6 cm³/mol. The third-order valence-electron chi connectivity index (χ3n) is 3.78. The fourth-order valence-electron chi connectivity index (χ4n) is 2.41. The molecule has 0 spiro atoms. The number of rotatable bonds is 6. The molecule has 0 atom stereocenters. The highest BCUT2D eigenvalue weighted by Gasteiger charge is 2.16. The number of aromatic nitrogens is 1. The zero-order valence-electron chi connectivity index (χ0n) is 12.9. The number of halogens is 3. The molecule has 3 rings (SSSR count). The van der Waals surface area contributed by atoms with Crippen LogP contribution in [0.1, 0.15) is 5.76 Å². The van der Waals surface area contributed by atoms with E-state index >= 15 is 0 Å². The van der Waals surface area contributed by atoms with E-state index in [2.05, 4.69) is 26.0 Å². The summed E-state index contributed by atoms with van der Waals surface area (Å²) in [6.07, 6.45) is 0. The number of hydrogen-bond acceptors (Lipinski definition) is 5. The third-order valence-corrected chi connectivity index (χ3v) is 5.34. The lowest BCUT2D eigenvalue weighted by Gasteiger charge is -2.26. The van der Waals surface area contributed by atoms with Gasteiger partial charge in [-0.2, -0.15) is 0 Å². The van der Waals surface area contributed by atoms with Crippen LogP contribution in [0, 0.1) is 0 Å². The second kappa shape index (κ2) is 8.65. The molecule has 0 amide bonds. The van der Waals surface area contributed by atoms with Crippen molar-refractivity contribution >= 4 is 39.1 Å². The molecule has 0 N–H and O–H groups in total. The molecule has 0 saturated carbocycles. The summed E-state index contributed by atoms with van der Waals surface area (Å²) in [5, 5.41) is 5.08. The van der Waals surface area contributed by atoms with Crippen molar-refractivity contribution in [3.63, 3.8) is 0 Å². The summed E-state index contributed by atoms with van der Waals surface area (Å²) < 4.78 is 17.2. The molecule has 2 aromatic rings. The normalized spacial score (nSPS) is 15.8. The summed E-state index contributed by atoms with van der Waals surface area (Å²) in [5.41, 5.74) is 1.51. The van der Waals surface area contributed by atoms with Gasteiger partial charge in [0.25, 0.3) is 0 Å². The number of benzene rings is 1. The average molecular weight is 436 g/mol. The summed E-state index contributed by atoms with van der Waals surface area (Å²) in [7, 11) is 0. The van der Waals surface area contributed by atoms with Crippen molar-refractivity contribution in [2.24, 2.45) is 0 Å². The number of hydrogen-bond donors (Lipinski definition) is 0. The first kappa shape index (κ1) is 18.2. The summed E-state index contributed by atoms with van der Waals surface area (Å²) in [5.74, 6) is 0.651. The van der Waals surface area contributed by atoms with E-state index in [-0.39, 0.29) is 0 Å². The highest BCUT2D eigenvalue weighted by molar-refractivity contribution is 9.10. The van der Waals surface area contributed by atoms with E-state index in [0.717, 1.165) is 42.9 Å². The number of nitrogens with zero attached hydrogens (tertiary/aromatic N) is 2. The molecular formula is C16H17BrCl2N2O3. The molecule has 1 aliphatic rings. The van der Waals surface area contributed by atoms with Gasteiger partial charge in [-0.3, -0.25) is 4.90 Å². The Morgan fingerprint density at radius 1 is 1.21 bits per heavy atom. The van der Waals surface area contributed by atoms with Gasteiger partial charge in [-0.1, -0.05) is 34.4 Å². The van der Waals surface area contributed by atoms with E-state index in [9.17, 15) is 0 Å². The van der Waals surface area contributed by atoms with Crippen LogP contribution in [0.5, 0.6) is 0 Å². The fourth-order valence-corrected chi connectivity index (χ4v) is 3.20. The van der Waals surface area contributed by atoms with Gasteiger partial charge >= 0.3 is 0 Å². The zero-order valence-corrected chi connectivity index (χ0v) is 16.0. The van der Waals surface area contributed by atoms with Crippen LogP contribution in [0.15, 0.2) is 27.2 Å². The van der Waals surface area contributed by atoms with E-state index in [0.29, 0.717) is 34.7 Å². The standard InChI is InChI=1S/C16H17BrCl2N2O3/c17-15-14(10-23-8-5-21-3-6-22-7-4-21)24-20-16(15)11-1-2-12(18)13(19)9-11/h1-2,9H,3-8,10H2. The molecule has 1 saturated heterocycles. The Morgan fingerprint density at radius 3 is 2.75 bits per heavy atom. The minimum absolute atomic E-state index is 0.360. The maximum Gasteiger partial charge on any atom is 0.177 e. The molecule has 1 aromatic carbocycles. The van der Waals surface area contributed by atoms with Crippen molar-refractivity contribution < 1.29 is 14.0 Å². The molecule has 0 aliphatic carbocycles. The van der Waals surface area contributed by atoms with Crippen molar-refractivity contribution in [1.82, 2.24) is 10.1 Å². The molecule has 8 heteroatoms. The van der Waals surface area contributed by atoms with Gasteiger partial charge in [0.15, 0.2) is 5.76 Å². The SMILES string of the molecule is Clc1ccc(-c2noc(COCCN3CCOCC3)c2Br)cc1Cl.